The Labute approximate surface area is 149 Å². The normalized spacial score (nSPS) is 10.5. The van der Waals surface area contributed by atoms with Crippen LogP contribution in [0.4, 0.5) is 0 Å². The van der Waals surface area contributed by atoms with E-state index in [0.717, 1.165) is 20.4 Å². The lowest BCUT2D eigenvalue weighted by Crippen LogP contribution is -1.99. The zero-order valence-electron chi connectivity index (χ0n) is 12.4. The topological polar surface area (TPSA) is 48.4 Å². The van der Waals surface area contributed by atoms with E-state index < -0.39 is 5.97 Å². The quantitative estimate of drug-likeness (QED) is 0.294. The summed E-state index contributed by atoms with van der Waals surface area (Å²) in [5.41, 5.74) is 1.91. The van der Waals surface area contributed by atoms with Gasteiger partial charge >= 0.3 is 5.97 Å². The van der Waals surface area contributed by atoms with Gasteiger partial charge in [-0.2, -0.15) is 0 Å². The smallest absolute Gasteiger partial charge is 0.331 e. The number of nitrogens with zero attached hydrogens (tertiary/aromatic N) is 1. The highest BCUT2D eigenvalue weighted by molar-refractivity contribution is 14.1. The van der Waals surface area contributed by atoms with Crippen molar-refractivity contribution in [2.45, 2.75) is 6.61 Å². The first kappa shape index (κ1) is 17.2. The van der Waals surface area contributed by atoms with Crippen LogP contribution in [0.3, 0.4) is 0 Å². The maximum absolute atomic E-state index is 11.4. The molecule has 0 bridgehead atoms. The van der Waals surface area contributed by atoms with Crippen LogP contribution in [0.25, 0.3) is 6.08 Å². The molecule has 0 N–H and O–H groups in total. The zero-order valence-corrected chi connectivity index (χ0v) is 14.6. The molecule has 2 aromatic rings. The van der Waals surface area contributed by atoms with Crippen LogP contribution >= 0.6 is 22.6 Å². The van der Waals surface area contributed by atoms with E-state index >= 15 is 0 Å². The molecule has 0 aliphatic rings. The largest absolute Gasteiger partial charge is 0.488 e. The zero-order chi connectivity index (χ0) is 16.5. The van der Waals surface area contributed by atoms with E-state index in [4.69, 9.17) is 9.47 Å². The molecule has 23 heavy (non-hydrogen) atoms. The summed E-state index contributed by atoms with van der Waals surface area (Å²) in [6.07, 6.45) is 8.14. The van der Waals surface area contributed by atoms with Crippen molar-refractivity contribution in [3.8, 4) is 5.75 Å². The molecule has 0 aliphatic heterocycles. The maximum atomic E-state index is 11.4. The number of ether oxygens (including phenoxy) is 2. The lowest BCUT2D eigenvalue weighted by atomic mass is 10.2. The molecule has 0 radical (unpaired) electrons. The molecule has 4 nitrogen and oxygen atoms in total. The minimum absolute atomic E-state index is 0.210. The van der Waals surface area contributed by atoms with Gasteiger partial charge in [0, 0.05) is 24.0 Å². The Bertz CT molecular complexity index is 699. The van der Waals surface area contributed by atoms with Crippen molar-refractivity contribution in [1.29, 1.82) is 0 Å². The van der Waals surface area contributed by atoms with Crippen molar-refractivity contribution in [1.82, 2.24) is 4.98 Å². The van der Waals surface area contributed by atoms with Crippen LogP contribution in [0.1, 0.15) is 11.1 Å². The summed E-state index contributed by atoms with van der Waals surface area (Å²) >= 11 is 2.20. The van der Waals surface area contributed by atoms with E-state index in [1.807, 2.05) is 30.3 Å². The molecule has 118 valence electrons. The number of aromatic nitrogens is 1. The van der Waals surface area contributed by atoms with Gasteiger partial charge in [0.2, 0.25) is 0 Å². The van der Waals surface area contributed by atoms with Crippen LogP contribution in [0, 0.1) is 3.57 Å². The molecule has 1 heterocycles. The minimum Gasteiger partial charge on any atom is -0.488 e. The fourth-order valence-corrected chi connectivity index (χ4v) is 2.43. The van der Waals surface area contributed by atoms with E-state index in [0.29, 0.717) is 6.61 Å². The fourth-order valence-electron chi connectivity index (χ4n) is 1.74. The van der Waals surface area contributed by atoms with Crippen LogP contribution in [-0.4, -0.2) is 17.6 Å². The van der Waals surface area contributed by atoms with Gasteiger partial charge in [-0.25, -0.2) is 4.79 Å². The molecule has 0 unspecified atom stereocenters. The van der Waals surface area contributed by atoms with Gasteiger partial charge in [-0.3, -0.25) is 4.98 Å². The lowest BCUT2D eigenvalue weighted by molar-refractivity contribution is -0.136. The number of benzene rings is 1. The summed E-state index contributed by atoms with van der Waals surface area (Å²) < 4.78 is 11.6. The molecule has 1 aromatic carbocycles. The van der Waals surface area contributed by atoms with E-state index in [9.17, 15) is 4.79 Å². The fraction of sp³-hybridized carbons (Fsp3) is 0.111. The van der Waals surface area contributed by atoms with E-state index in [2.05, 4.69) is 34.2 Å². The van der Waals surface area contributed by atoms with Crippen molar-refractivity contribution in [2.24, 2.45) is 0 Å². The third kappa shape index (κ3) is 5.86. The average Bonchev–Trinajstić information content (AvgIpc) is 2.58. The van der Waals surface area contributed by atoms with Gasteiger partial charge in [0.25, 0.3) is 0 Å². The predicted molar refractivity (Wildman–Crippen MR) is 97.9 cm³/mol. The molecule has 5 heteroatoms. The van der Waals surface area contributed by atoms with Crippen LogP contribution < -0.4 is 4.74 Å². The van der Waals surface area contributed by atoms with Crippen molar-refractivity contribution >= 4 is 34.6 Å². The first-order valence-corrected chi connectivity index (χ1v) is 8.04. The van der Waals surface area contributed by atoms with Crippen LogP contribution in [-0.2, 0) is 16.1 Å². The third-order valence-corrected chi connectivity index (χ3v) is 3.67. The third-order valence-electron chi connectivity index (χ3n) is 2.83. The molecule has 2 rings (SSSR count). The van der Waals surface area contributed by atoms with Crippen molar-refractivity contribution < 1.29 is 14.3 Å². The summed E-state index contributed by atoms with van der Waals surface area (Å²) in [6, 6.07) is 9.55. The Balaban J connectivity index is 1.96. The molecule has 0 saturated heterocycles. The summed E-state index contributed by atoms with van der Waals surface area (Å²) in [6.45, 7) is 4.17. The first-order chi connectivity index (χ1) is 11.2. The Morgan fingerprint density at radius 2 is 2.22 bits per heavy atom. The molecule has 0 spiro atoms. The van der Waals surface area contributed by atoms with Gasteiger partial charge in [-0.1, -0.05) is 24.8 Å². The Morgan fingerprint density at radius 1 is 1.35 bits per heavy atom. The molecule has 1 aromatic heterocycles. The van der Waals surface area contributed by atoms with Crippen LogP contribution in [0.5, 0.6) is 5.75 Å². The maximum Gasteiger partial charge on any atom is 0.331 e. The van der Waals surface area contributed by atoms with Gasteiger partial charge in [-0.05, 0) is 52.4 Å². The van der Waals surface area contributed by atoms with Gasteiger partial charge in [0.05, 0.1) is 3.57 Å². The van der Waals surface area contributed by atoms with Gasteiger partial charge < -0.3 is 9.47 Å². The number of esters is 1. The first-order valence-electron chi connectivity index (χ1n) is 6.96. The van der Waals surface area contributed by atoms with Gasteiger partial charge in [0.15, 0.2) is 0 Å². The molecule has 0 atom stereocenters. The number of carbonyl (C=O) groups excluding carboxylic acids is 1. The SMILES string of the molecule is C=CCOC(=O)/C=C/c1ccc(OCc2cccnc2)c(I)c1. The van der Waals surface area contributed by atoms with Crippen molar-refractivity contribution in [3.63, 3.8) is 0 Å². The second-order valence-electron chi connectivity index (χ2n) is 4.59. The van der Waals surface area contributed by atoms with E-state index in [-0.39, 0.29) is 6.61 Å². The molecular formula is C18H16INO3. The average molecular weight is 421 g/mol. The summed E-state index contributed by atoms with van der Waals surface area (Å²) in [5, 5.41) is 0. The summed E-state index contributed by atoms with van der Waals surface area (Å²) in [5.74, 6) is 0.401. The van der Waals surface area contributed by atoms with Gasteiger partial charge in [0.1, 0.15) is 19.0 Å². The molecule has 0 fully saturated rings. The highest BCUT2D eigenvalue weighted by Crippen LogP contribution is 2.23. The van der Waals surface area contributed by atoms with Crippen LogP contribution in [0.2, 0.25) is 0 Å². The number of rotatable bonds is 7. The minimum atomic E-state index is -0.392. The van der Waals surface area contributed by atoms with Gasteiger partial charge in [-0.15, -0.1) is 0 Å². The summed E-state index contributed by atoms with van der Waals surface area (Å²) in [4.78, 5) is 15.5. The Kier molecular flexibility index (Phi) is 6.80. The molecule has 0 aliphatic carbocycles. The second kappa shape index (κ2) is 9.09. The number of carbonyl (C=O) groups is 1. The summed E-state index contributed by atoms with van der Waals surface area (Å²) in [7, 11) is 0. The number of halogens is 1. The number of pyridine rings is 1. The monoisotopic (exact) mass is 421 g/mol. The Hall–Kier alpha value is -2.15. The van der Waals surface area contributed by atoms with Crippen molar-refractivity contribution in [3.05, 3.63) is 76.2 Å². The van der Waals surface area contributed by atoms with Crippen LogP contribution in [0.15, 0.2) is 61.5 Å². The molecule has 0 amide bonds. The number of hydrogen-bond acceptors (Lipinski definition) is 4. The standard InChI is InChI=1S/C18H16INO3/c1-2-10-22-18(21)8-6-14-5-7-17(16(19)11-14)23-13-15-4-3-9-20-12-15/h2-9,11-12H,1,10,13H2/b8-6+. The van der Waals surface area contributed by atoms with Crippen molar-refractivity contribution in [2.75, 3.05) is 6.61 Å². The number of hydrogen-bond donors (Lipinski definition) is 0. The Morgan fingerprint density at radius 3 is 2.91 bits per heavy atom. The lowest BCUT2D eigenvalue weighted by Gasteiger charge is -2.08. The van der Waals surface area contributed by atoms with E-state index in [1.165, 1.54) is 12.2 Å². The van der Waals surface area contributed by atoms with E-state index in [1.54, 1.807) is 18.5 Å². The highest BCUT2D eigenvalue weighted by Gasteiger charge is 2.03. The molecule has 0 saturated carbocycles. The predicted octanol–water partition coefficient (Wildman–Crippen LogP) is 4.01. The molecular weight excluding hydrogens is 405 g/mol. The second-order valence-corrected chi connectivity index (χ2v) is 5.75. The highest BCUT2D eigenvalue weighted by atomic mass is 127.